The van der Waals surface area contributed by atoms with Gasteiger partial charge in [0.25, 0.3) is 0 Å². The van der Waals surface area contributed by atoms with E-state index in [0.717, 1.165) is 34.4 Å². The zero-order valence-electron chi connectivity index (χ0n) is 15.4. The first-order valence-corrected chi connectivity index (χ1v) is 10.3. The molecule has 0 heterocycles. The highest BCUT2D eigenvalue weighted by Gasteiger charge is 2.29. The highest BCUT2D eigenvalue weighted by molar-refractivity contribution is 6.32. The van der Waals surface area contributed by atoms with Crippen molar-refractivity contribution in [3.8, 4) is 16.9 Å². The summed E-state index contributed by atoms with van der Waals surface area (Å²) in [5.41, 5.74) is 3.98. The molecule has 1 fully saturated rings. The number of halogens is 1. The van der Waals surface area contributed by atoms with E-state index in [1.165, 1.54) is 32.1 Å². The Balaban J connectivity index is 1.63. The van der Waals surface area contributed by atoms with Gasteiger partial charge in [-0.25, -0.2) is 0 Å². The summed E-state index contributed by atoms with van der Waals surface area (Å²) in [5, 5.41) is 10.1. The number of carboxylic acid groups (broad SMARTS) is 1. The number of aliphatic carboxylic acids is 1. The van der Waals surface area contributed by atoms with Crippen LogP contribution < -0.4 is 4.74 Å². The highest BCUT2D eigenvalue weighted by atomic mass is 35.5. The Kier molecular flexibility index (Phi) is 5.40. The van der Waals surface area contributed by atoms with Crippen LogP contribution in [0, 0.1) is 5.92 Å². The molecule has 0 bridgehead atoms. The molecule has 2 aromatic carbocycles. The summed E-state index contributed by atoms with van der Waals surface area (Å²) in [6.07, 6.45) is 7.84. The highest BCUT2D eigenvalue weighted by Crippen LogP contribution is 2.41. The van der Waals surface area contributed by atoms with Gasteiger partial charge >= 0.3 is 5.97 Å². The molecule has 4 rings (SSSR count). The monoisotopic (exact) mass is 384 g/mol. The molecule has 2 aliphatic rings. The van der Waals surface area contributed by atoms with Gasteiger partial charge in [0.1, 0.15) is 5.75 Å². The first-order valence-electron chi connectivity index (χ1n) is 9.91. The van der Waals surface area contributed by atoms with E-state index in [0.29, 0.717) is 24.0 Å². The number of benzene rings is 2. The first-order chi connectivity index (χ1) is 13.1. The molecular weight excluding hydrogens is 360 g/mol. The number of hydrogen-bond donors (Lipinski definition) is 1. The number of para-hydroxylation sites is 1. The Morgan fingerprint density at radius 3 is 2.70 bits per heavy atom. The van der Waals surface area contributed by atoms with Crippen LogP contribution >= 0.6 is 11.6 Å². The molecule has 4 heteroatoms. The van der Waals surface area contributed by atoms with Crippen molar-refractivity contribution >= 4 is 17.6 Å². The van der Waals surface area contributed by atoms with Gasteiger partial charge in [0, 0.05) is 5.56 Å². The molecule has 1 saturated carbocycles. The first kappa shape index (κ1) is 18.4. The van der Waals surface area contributed by atoms with Crippen molar-refractivity contribution in [3.05, 3.63) is 52.5 Å². The summed E-state index contributed by atoms with van der Waals surface area (Å²) in [6, 6.07) is 11.9. The zero-order chi connectivity index (χ0) is 18.8. The van der Waals surface area contributed by atoms with Crippen molar-refractivity contribution in [2.45, 2.75) is 50.9 Å². The van der Waals surface area contributed by atoms with Gasteiger partial charge in [-0.2, -0.15) is 0 Å². The van der Waals surface area contributed by atoms with Crippen LogP contribution in [0.4, 0.5) is 0 Å². The van der Waals surface area contributed by atoms with Crippen LogP contribution in [0.15, 0.2) is 36.4 Å². The number of hydrogen-bond acceptors (Lipinski definition) is 2. The third kappa shape index (κ3) is 3.84. The molecular formula is C23H25ClO3. The number of aryl methyl sites for hydroxylation is 1. The number of ether oxygens (including phenoxy) is 1. The summed E-state index contributed by atoms with van der Waals surface area (Å²) in [5.74, 6) is 0.158. The van der Waals surface area contributed by atoms with Crippen molar-refractivity contribution in [2.24, 2.45) is 5.92 Å². The van der Waals surface area contributed by atoms with Gasteiger partial charge in [0.15, 0.2) is 0 Å². The van der Waals surface area contributed by atoms with Crippen molar-refractivity contribution in [1.29, 1.82) is 0 Å². The Morgan fingerprint density at radius 1 is 1.11 bits per heavy atom. The summed E-state index contributed by atoms with van der Waals surface area (Å²) in [7, 11) is 0. The summed E-state index contributed by atoms with van der Waals surface area (Å²) in [6.45, 7) is 0.694. The van der Waals surface area contributed by atoms with E-state index >= 15 is 0 Å². The molecule has 0 aliphatic heterocycles. The lowest BCUT2D eigenvalue weighted by atomic mass is 9.90. The van der Waals surface area contributed by atoms with Crippen LogP contribution in [0.5, 0.6) is 5.75 Å². The second-order valence-corrected chi connectivity index (χ2v) is 8.18. The molecule has 27 heavy (non-hydrogen) atoms. The van der Waals surface area contributed by atoms with Crippen LogP contribution in [0.2, 0.25) is 5.02 Å². The Labute approximate surface area is 165 Å². The van der Waals surface area contributed by atoms with Crippen LogP contribution in [0.3, 0.4) is 0 Å². The van der Waals surface area contributed by atoms with E-state index in [-0.39, 0.29) is 0 Å². The van der Waals surface area contributed by atoms with E-state index in [9.17, 15) is 9.90 Å². The third-order valence-electron chi connectivity index (χ3n) is 5.99. The Hall–Kier alpha value is -2.00. The summed E-state index contributed by atoms with van der Waals surface area (Å²) in [4.78, 5) is 11.6. The molecule has 1 unspecified atom stereocenters. The Morgan fingerprint density at radius 2 is 1.93 bits per heavy atom. The number of carbonyl (C=O) groups is 1. The molecule has 0 spiro atoms. The smallest absolute Gasteiger partial charge is 0.310 e. The minimum atomic E-state index is -0.745. The van der Waals surface area contributed by atoms with Crippen molar-refractivity contribution in [2.75, 3.05) is 6.61 Å². The molecule has 142 valence electrons. The van der Waals surface area contributed by atoms with Crippen LogP contribution in [-0.2, 0) is 11.2 Å². The van der Waals surface area contributed by atoms with Gasteiger partial charge in [-0.15, -0.1) is 0 Å². The standard InChI is InChI=1S/C23H25ClO3/c24-21-8-4-7-18(22(21)27-14-15-5-2-1-3-6-15)17-10-9-16-11-12-19(23(25)26)20(16)13-17/h4,7-10,13,15,19H,1-3,5-6,11-12,14H2,(H,25,26). The molecule has 1 atom stereocenters. The maximum absolute atomic E-state index is 11.6. The van der Waals surface area contributed by atoms with Crippen molar-refractivity contribution in [3.63, 3.8) is 0 Å². The largest absolute Gasteiger partial charge is 0.491 e. The van der Waals surface area contributed by atoms with E-state index in [2.05, 4.69) is 12.1 Å². The fourth-order valence-corrected chi connectivity index (χ4v) is 4.69. The second kappa shape index (κ2) is 7.93. The minimum Gasteiger partial charge on any atom is -0.491 e. The van der Waals surface area contributed by atoms with Gasteiger partial charge in [-0.3, -0.25) is 4.79 Å². The minimum absolute atomic E-state index is 0.411. The van der Waals surface area contributed by atoms with Crippen molar-refractivity contribution in [1.82, 2.24) is 0 Å². The summed E-state index contributed by atoms with van der Waals surface area (Å²) >= 11 is 6.47. The van der Waals surface area contributed by atoms with Gasteiger partial charge in [0.2, 0.25) is 0 Å². The second-order valence-electron chi connectivity index (χ2n) is 7.77. The van der Waals surface area contributed by atoms with Gasteiger partial charge in [-0.1, -0.05) is 55.1 Å². The van der Waals surface area contributed by atoms with Crippen LogP contribution in [-0.4, -0.2) is 17.7 Å². The Bertz CT molecular complexity index is 840. The van der Waals surface area contributed by atoms with Gasteiger partial charge in [0.05, 0.1) is 17.5 Å². The SMILES string of the molecule is O=C(O)C1CCc2ccc(-c3cccc(Cl)c3OCC3CCCCC3)cc21. The van der Waals surface area contributed by atoms with Crippen LogP contribution in [0.25, 0.3) is 11.1 Å². The maximum Gasteiger partial charge on any atom is 0.310 e. The molecule has 0 aromatic heterocycles. The lowest BCUT2D eigenvalue weighted by Gasteiger charge is -2.23. The van der Waals surface area contributed by atoms with Gasteiger partial charge < -0.3 is 9.84 Å². The van der Waals surface area contributed by atoms with E-state index in [1.54, 1.807) is 0 Å². The predicted octanol–water partition coefficient (Wildman–Crippen LogP) is 6.08. The zero-order valence-corrected chi connectivity index (χ0v) is 16.2. The molecule has 0 saturated heterocycles. The number of carboxylic acids is 1. The van der Waals surface area contributed by atoms with Crippen LogP contribution in [0.1, 0.15) is 55.6 Å². The predicted molar refractivity (Wildman–Crippen MR) is 108 cm³/mol. The molecule has 2 aromatic rings. The average Bonchev–Trinajstić information content (AvgIpc) is 3.11. The molecule has 1 N–H and O–H groups in total. The topological polar surface area (TPSA) is 46.5 Å². The number of rotatable bonds is 5. The molecule has 0 amide bonds. The lowest BCUT2D eigenvalue weighted by molar-refractivity contribution is -0.138. The lowest BCUT2D eigenvalue weighted by Crippen LogP contribution is -2.15. The van der Waals surface area contributed by atoms with Gasteiger partial charge in [-0.05, 0) is 60.4 Å². The normalized spacial score (nSPS) is 19.7. The molecule has 2 aliphatic carbocycles. The third-order valence-corrected chi connectivity index (χ3v) is 6.29. The quantitative estimate of drug-likeness (QED) is 0.679. The van der Waals surface area contributed by atoms with E-state index in [4.69, 9.17) is 16.3 Å². The molecule has 0 radical (unpaired) electrons. The van der Waals surface area contributed by atoms with E-state index < -0.39 is 11.9 Å². The molecule has 3 nitrogen and oxygen atoms in total. The van der Waals surface area contributed by atoms with Crippen molar-refractivity contribution < 1.29 is 14.6 Å². The van der Waals surface area contributed by atoms with E-state index in [1.807, 2.05) is 24.3 Å². The summed E-state index contributed by atoms with van der Waals surface area (Å²) < 4.78 is 6.21. The maximum atomic E-state index is 11.6. The number of fused-ring (bicyclic) bond motifs is 1. The average molecular weight is 385 g/mol. The fourth-order valence-electron chi connectivity index (χ4n) is 4.46. The fraction of sp³-hybridized carbons (Fsp3) is 0.435.